The van der Waals surface area contributed by atoms with E-state index in [1.54, 1.807) is 0 Å². The molecule has 1 aromatic heterocycles. The standard InChI is InChI=1S/C13H12F3N3O4S/c1-19-7-6-10(24(19,20)21)12-17-11(18-23-12)8-4-2-3-5-9(8)22-13(14,15)16/h2-5,10H,6-7H2,1H3. The first-order valence-corrected chi connectivity index (χ1v) is 8.33. The Balaban J connectivity index is 1.95. The Morgan fingerprint density at radius 3 is 2.67 bits per heavy atom. The number of para-hydroxylation sites is 1. The summed E-state index contributed by atoms with van der Waals surface area (Å²) in [5, 5.41) is 2.60. The van der Waals surface area contributed by atoms with Crippen molar-refractivity contribution in [1.82, 2.24) is 14.4 Å². The topological polar surface area (TPSA) is 85.5 Å². The van der Waals surface area contributed by atoms with Gasteiger partial charge in [-0.2, -0.15) is 4.98 Å². The summed E-state index contributed by atoms with van der Waals surface area (Å²) in [6.07, 6.45) is -4.61. The van der Waals surface area contributed by atoms with Crippen molar-refractivity contribution in [3.05, 3.63) is 30.2 Å². The predicted molar refractivity (Wildman–Crippen MR) is 75.3 cm³/mol. The van der Waals surface area contributed by atoms with Crippen LogP contribution in [-0.4, -0.2) is 42.8 Å². The van der Waals surface area contributed by atoms with E-state index in [0.29, 0.717) is 6.54 Å². The molecule has 0 saturated carbocycles. The third-order valence-electron chi connectivity index (χ3n) is 3.57. The minimum atomic E-state index is -4.87. The number of hydrogen-bond acceptors (Lipinski definition) is 6. The fourth-order valence-electron chi connectivity index (χ4n) is 2.38. The molecule has 130 valence electrons. The fraction of sp³-hybridized carbons (Fsp3) is 0.385. The van der Waals surface area contributed by atoms with E-state index in [2.05, 4.69) is 14.9 Å². The van der Waals surface area contributed by atoms with Gasteiger partial charge in [0.25, 0.3) is 0 Å². The van der Waals surface area contributed by atoms with Crippen molar-refractivity contribution in [2.24, 2.45) is 0 Å². The van der Waals surface area contributed by atoms with Gasteiger partial charge in [-0.25, -0.2) is 12.7 Å². The highest BCUT2D eigenvalue weighted by Crippen LogP contribution is 2.36. The lowest BCUT2D eigenvalue weighted by Crippen LogP contribution is -2.22. The van der Waals surface area contributed by atoms with Crippen LogP contribution in [0.1, 0.15) is 17.6 Å². The van der Waals surface area contributed by atoms with Gasteiger partial charge in [0.1, 0.15) is 5.75 Å². The Morgan fingerprint density at radius 2 is 2.04 bits per heavy atom. The van der Waals surface area contributed by atoms with E-state index >= 15 is 0 Å². The van der Waals surface area contributed by atoms with Crippen LogP contribution in [0.2, 0.25) is 0 Å². The average Bonchev–Trinajstić information content (AvgIpc) is 3.04. The molecule has 0 bridgehead atoms. The predicted octanol–water partition coefficient (Wildman–Crippen LogP) is 2.34. The van der Waals surface area contributed by atoms with Crippen LogP contribution in [0.5, 0.6) is 5.75 Å². The molecule has 0 N–H and O–H groups in total. The number of alkyl halides is 3. The summed E-state index contributed by atoms with van der Waals surface area (Å²) in [6, 6.07) is 5.28. The fourth-order valence-corrected chi connectivity index (χ4v) is 3.93. The Labute approximate surface area is 135 Å². The first-order chi connectivity index (χ1) is 11.2. The third-order valence-corrected chi connectivity index (χ3v) is 5.78. The van der Waals surface area contributed by atoms with Crippen molar-refractivity contribution in [2.45, 2.75) is 18.0 Å². The maximum Gasteiger partial charge on any atom is 0.573 e. The molecule has 1 saturated heterocycles. The lowest BCUT2D eigenvalue weighted by Gasteiger charge is -2.11. The van der Waals surface area contributed by atoms with Crippen molar-refractivity contribution in [3.63, 3.8) is 0 Å². The molecule has 1 unspecified atom stereocenters. The molecule has 1 aromatic carbocycles. The summed E-state index contributed by atoms with van der Waals surface area (Å²) in [4.78, 5) is 3.95. The number of aromatic nitrogens is 2. The lowest BCUT2D eigenvalue weighted by molar-refractivity contribution is -0.274. The monoisotopic (exact) mass is 363 g/mol. The van der Waals surface area contributed by atoms with Gasteiger partial charge in [-0.05, 0) is 18.6 Å². The van der Waals surface area contributed by atoms with Gasteiger partial charge in [-0.3, -0.25) is 0 Å². The molecule has 3 rings (SSSR count). The van der Waals surface area contributed by atoms with E-state index < -0.39 is 27.4 Å². The molecule has 2 heterocycles. The number of ether oxygens (including phenoxy) is 1. The molecule has 1 aliphatic heterocycles. The van der Waals surface area contributed by atoms with E-state index in [0.717, 1.165) is 6.07 Å². The van der Waals surface area contributed by atoms with E-state index in [9.17, 15) is 21.6 Å². The van der Waals surface area contributed by atoms with E-state index in [1.807, 2.05) is 0 Å². The summed E-state index contributed by atoms with van der Waals surface area (Å²) in [6.45, 7) is 0.304. The average molecular weight is 363 g/mol. The van der Waals surface area contributed by atoms with Gasteiger partial charge >= 0.3 is 6.36 Å². The highest BCUT2D eigenvalue weighted by molar-refractivity contribution is 7.89. The van der Waals surface area contributed by atoms with E-state index in [-0.39, 0.29) is 23.7 Å². The number of benzene rings is 1. The van der Waals surface area contributed by atoms with Crippen LogP contribution in [0.25, 0.3) is 11.4 Å². The maximum absolute atomic E-state index is 12.5. The zero-order valence-electron chi connectivity index (χ0n) is 12.3. The Bertz CT molecular complexity index is 850. The third kappa shape index (κ3) is 3.08. The van der Waals surface area contributed by atoms with Gasteiger partial charge in [0.15, 0.2) is 5.25 Å². The molecule has 0 aliphatic carbocycles. The van der Waals surface area contributed by atoms with Crippen LogP contribution in [0.15, 0.2) is 28.8 Å². The summed E-state index contributed by atoms with van der Waals surface area (Å²) in [5.41, 5.74) is -0.0476. The van der Waals surface area contributed by atoms with Crippen LogP contribution in [0.4, 0.5) is 13.2 Å². The summed E-state index contributed by atoms with van der Waals surface area (Å²) in [5.74, 6) is -0.825. The van der Waals surface area contributed by atoms with Crippen LogP contribution in [0.3, 0.4) is 0 Å². The largest absolute Gasteiger partial charge is 0.573 e. The van der Waals surface area contributed by atoms with Crippen LogP contribution >= 0.6 is 0 Å². The first-order valence-electron chi connectivity index (χ1n) is 6.82. The first kappa shape index (κ1) is 16.7. The number of rotatable bonds is 3. The number of hydrogen-bond donors (Lipinski definition) is 0. The van der Waals surface area contributed by atoms with Crippen molar-refractivity contribution in [3.8, 4) is 17.1 Å². The smallest absolute Gasteiger partial charge is 0.405 e. The zero-order chi connectivity index (χ0) is 17.5. The summed E-state index contributed by atoms with van der Waals surface area (Å²) in [7, 11) is -2.17. The molecule has 1 aliphatic rings. The van der Waals surface area contributed by atoms with Crippen molar-refractivity contribution >= 4 is 10.0 Å². The Hall–Kier alpha value is -2.14. The van der Waals surface area contributed by atoms with Crippen molar-refractivity contribution in [1.29, 1.82) is 0 Å². The van der Waals surface area contributed by atoms with Crippen LogP contribution in [0, 0.1) is 0 Å². The quantitative estimate of drug-likeness (QED) is 0.832. The molecule has 1 atom stereocenters. The van der Waals surface area contributed by atoms with Gasteiger partial charge in [0.2, 0.25) is 21.7 Å². The molecule has 24 heavy (non-hydrogen) atoms. The molecule has 11 heteroatoms. The highest BCUT2D eigenvalue weighted by Gasteiger charge is 2.41. The SMILES string of the molecule is CN1CCC(c2nc(-c3ccccc3OC(F)(F)F)no2)S1(=O)=O. The number of sulfonamides is 1. The number of halogens is 3. The van der Waals surface area contributed by atoms with Gasteiger partial charge in [-0.15, -0.1) is 13.2 Å². The van der Waals surface area contributed by atoms with Gasteiger partial charge in [-0.1, -0.05) is 17.3 Å². The molecular weight excluding hydrogens is 351 g/mol. The van der Waals surface area contributed by atoms with E-state index in [4.69, 9.17) is 4.52 Å². The maximum atomic E-state index is 12.5. The zero-order valence-corrected chi connectivity index (χ0v) is 13.1. The minimum absolute atomic E-state index is 0.0476. The Kier molecular flexibility index (Phi) is 4.00. The summed E-state index contributed by atoms with van der Waals surface area (Å²) < 4.78 is 71.7. The highest BCUT2D eigenvalue weighted by atomic mass is 32.2. The second kappa shape index (κ2) is 5.74. The van der Waals surface area contributed by atoms with Crippen molar-refractivity contribution < 1.29 is 30.8 Å². The second-order valence-electron chi connectivity index (χ2n) is 5.14. The Morgan fingerprint density at radius 1 is 1.33 bits per heavy atom. The molecule has 7 nitrogen and oxygen atoms in total. The molecular formula is C13H12F3N3O4S. The molecule has 0 radical (unpaired) electrons. The normalized spacial score (nSPS) is 21.1. The molecule has 0 spiro atoms. The van der Waals surface area contributed by atoms with Crippen molar-refractivity contribution in [2.75, 3.05) is 13.6 Å². The van der Waals surface area contributed by atoms with Gasteiger partial charge < -0.3 is 9.26 Å². The van der Waals surface area contributed by atoms with Gasteiger partial charge in [0.05, 0.1) is 5.56 Å². The number of nitrogens with zero attached hydrogens (tertiary/aromatic N) is 3. The second-order valence-corrected chi connectivity index (χ2v) is 7.37. The molecule has 0 amide bonds. The van der Waals surface area contributed by atoms with E-state index in [1.165, 1.54) is 29.6 Å². The minimum Gasteiger partial charge on any atom is -0.405 e. The lowest BCUT2D eigenvalue weighted by atomic mass is 10.2. The van der Waals surface area contributed by atoms with Crippen LogP contribution < -0.4 is 4.74 Å². The summed E-state index contributed by atoms with van der Waals surface area (Å²) >= 11 is 0. The van der Waals surface area contributed by atoms with Gasteiger partial charge in [0, 0.05) is 13.6 Å². The van der Waals surface area contributed by atoms with Crippen LogP contribution in [-0.2, 0) is 10.0 Å². The molecule has 2 aromatic rings. The molecule has 1 fully saturated rings.